The van der Waals surface area contributed by atoms with Crippen LogP contribution in [-0.4, -0.2) is 47.1 Å². The van der Waals surface area contributed by atoms with Crippen molar-refractivity contribution in [3.63, 3.8) is 0 Å². The van der Waals surface area contributed by atoms with E-state index in [1.165, 1.54) is 0 Å². The van der Waals surface area contributed by atoms with E-state index in [1.807, 2.05) is 32.0 Å². The first-order valence-corrected chi connectivity index (χ1v) is 8.16. The number of amides is 1. The Kier molecular flexibility index (Phi) is 4.97. The van der Waals surface area contributed by atoms with Crippen LogP contribution in [0.3, 0.4) is 0 Å². The summed E-state index contributed by atoms with van der Waals surface area (Å²) in [5.41, 5.74) is 2.88. The Morgan fingerprint density at radius 1 is 1.21 bits per heavy atom. The lowest BCUT2D eigenvalue weighted by Gasteiger charge is -2.26. The van der Waals surface area contributed by atoms with Crippen molar-refractivity contribution in [1.82, 2.24) is 14.9 Å². The molecule has 1 amide bonds. The van der Waals surface area contributed by atoms with Gasteiger partial charge in [0.15, 0.2) is 0 Å². The average Bonchev–Trinajstić information content (AvgIpc) is 2.58. The Balaban J connectivity index is 1.82. The minimum atomic E-state index is -0.103. The molecule has 1 saturated heterocycles. The molecule has 0 radical (unpaired) electrons. The highest BCUT2D eigenvalue weighted by Crippen LogP contribution is 2.22. The minimum Gasteiger partial charge on any atom is -0.378 e. The molecule has 1 aliphatic rings. The highest BCUT2D eigenvalue weighted by atomic mass is 35.5. The highest BCUT2D eigenvalue weighted by Gasteiger charge is 2.20. The second kappa shape index (κ2) is 7.15. The molecule has 0 saturated carbocycles. The standard InChI is InChI=1S/C17H19ClN4O2/c1-11-3-4-13(10-14(11)18)20-17-19-12(2)9-15(21-17)16(23)22-5-7-24-8-6-22/h3-4,9-10H,5-8H2,1-2H3,(H,19,20,21). The molecule has 1 aromatic heterocycles. The van der Waals surface area contributed by atoms with E-state index in [-0.39, 0.29) is 5.91 Å². The largest absolute Gasteiger partial charge is 0.378 e. The fourth-order valence-electron chi connectivity index (χ4n) is 2.46. The monoisotopic (exact) mass is 346 g/mol. The molecule has 0 spiro atoms. The highest BCUT2D eigenvalue weighted by molar-refractivity contribution is 6.31. The predicted octanol–water partition coefficient (Wildman–Crippen LogP) is 2.96. The summed E-state index contributed by atoms with van der Waals surface area (Å²) >= 11 is 6.14. The van der Waals surface area contributed by atoms with Gasteiger partial charge >= 0.3 is 0 Å². The van der Waals surface area contributed by atoms with E-state index < -0.39 is 0 Å². The molecule has 7 heteroatoms. The zero-order valence-electron chi connectivity index (χ0n) is 13.7. The summed E-state index contributed by atoms with van der Waals surface area (Å²) in [5, 5.41) is 3.77. The number of aromatic nitrogens is 2. The molecule has 3 rings (SSSR count). The Hall–Kier alpha value is -2.18. The number of ether oxygens (including phenoxy) is 1. The molecular formula is C17H19ClN4O2. The van der Waals surface area contributed by atoms with Gasteiger partial charge in [-0.3, -0.25) is 4.79 Å². The van der Waals surface area contributed by atoms with Crippen molar-refractivity contribution < 1.29 is 9.53 Å². The summed E-state index contributed by atoms with van der Waals surface area (Å²) in [6.45, 7) is 6.06. The molecule has 0 atom stereocenters. The van der Waals surface area contributed by atoms with E-state index in [2.05, 4.69) is 15.3 Å². The number of benzene rings is 1. The Morgan fingerprint density at radius 3 is 2.67 bits per heavy atom. The fourth-order valence-corrected chi connectivity index (χ4v) is 2.64. The molecule has 0 unspecified atom stereocenters. The van der Waals surface area contributed by atoms with Crippen molar-refractivity contribution in [1.29, 1.82) is 0 Å². The zero-order valence-corrected chi connectivity index (χ0v) is 14.4. The Bertz CT molecular complexity index is 760. The summed E-state index contributed by atoms with van der Waals surface area (Å²) < 4.78 is 5.28. The first-order chi connectivity index (χ1) is 11.5. The summed E-state index contributed by atoms with van der Waals surface area (Å²) in [6.07, 6.45) is 0. The van der Waals surface area contributed by atoms with Gasteiger partial charge in [0.25, 0.3) is 5.91 Å². The maximum absolute atomic E-state index is 12.6. The lowest BCUT2D eigenvalue weighted by Crippen LogP contribution is -2.41. The van der Waals surface area contributed by atoms with E-state index in [1.54, 1.807) is 11.0 Å². The van der Waals surface area contributed by atoms with Crippen molar-refractivity contribution in [3.8, 4) is 0 Å². The lowest BCUT2D eigenvalue weighted by molar-refractivity contribution is 0.0299. The van der Waals surface area contributed by atoms with Crippen LogP contribution in [0.4, 0.5) is 11.6 Å². The Morgan fingerprint density at radius 2 is 1.96 bits per heavy atom. The average molecular weight is 347 g/mol. The number of rotatable bonds is 3. The first-order valence-electron chi connectivity index (χ1n) is 7.79. The molecule has 1 aliphatic heterocycles. The Labute approximate surface area is 145 Å². The molecule has 1 fully saturated rings. The molecule has 6 nitrogen and oxygen atoms in total. The summed E-state index contributed by atoms with van der Waals surface area (Å²) in [4.78, 5) is 23.0. The number of carbonyl (C=O) groups is 1. The quantitative estimate of drug-likeness (QED) is 0.925. The van der Waals surface area contributed by atoms with E-state index in [0.29, 0.717) is 43.0 Å². The van der Waals surface area contributed by atoms with Gasteiger partial charge in [-0.15, -0.1) is 0 Å². The second-order valence-electron chi connectivity index (χ2n) is 5.71. The third kappa shape index (κ3) is 3.83. The molecule has 2 heterocycles. The molecule has 126 valence electrons. The van der Waals surface area contributed by atoms with Gasteiger partial charge in [-0.05, 0) is 37.6 Å². The van der Waals surface area contributed by atoms with Crippen LogP contribution in [0.1, 0.15) is 21.7 Å². The van der Waals surface area contributed by atoms with E-state index in [9.17, 15) is 4.79 Å². The molecule has 1 aromatic carbocycles. The van der Waals surface area contributed by atoms with E-state index in [4.69, 9.17) is 16.3 Å². The number of hydrogen-bond acceptors (Lipinski definition) is 5. The van der Waals surface area contributed by atoms with Crippen LogP contribution in [0.25, 0.3) is 0 Å². The predicted molar refractivity (Wildman–Crippen MR) is 93.0 cm³/mol. The number of nitrogens with zero attached hydrogens (tertiary/aromatic N) is 3. The smallest absolute Gasteiger partial charge is 0.272 e. The lowest BCUT2D eigenvalue weighted by atomic mass is 10.2. The molecular weight excluding hydrogens is 328 g/mol. The number of halogens is 1. The van der Waals surface area contributed by atoms with E-state index >= 15 is 0 Å². The topological polar surface area (TPSA) is 67.4 Å². The van der Waals surface area contributed by atoms with Crippen molar-refractivity contribution in [3.05, 3.63) is 46.2 Å². The SMILES string of the molecule is Cc1cc(C(=O)N2CCOCC2)nc(Nc2ccc(C)c(Cl)c2)n1. The van der Waals surface area contributed by atoms with Crippen molar-refractivity contribution >= 4 is 29.1 Å². The third-order valence-corrected chi connectivity index (χ3v) is 4.21. The van der Waals surface area contributed by atoms with Crippen LogP contribution in [0, 0.1) is 13.8 Å². The first kappa shape index (κ1) is 16.7. The molecule has 0 bridgehead atoms. The maximum atomic E-state index is 12.6. The number of aryl methyl sites for hydroxylation is 2. The maximum Gasteiger partial charge on any atom is 0.272 e. The number of carbonyl (C=O) groups excluding carboxylic acids is 1. The van der Waals surface area contributed by atoms with Gasteiger partial charge in [-0.2, -0.15) is 0 Å². The second-order valence-corrected chi connectivity index (χ2v) is 6.12. The van der Waals surface area contributed by atoms with Crippen LogP contribution < -0.4 is 5.32 Å². The van der Waals surface area contributed by atoms with Crippen LogP contribution >= 0.6 is 11.6 Å². The zero-order chi connectivity index (χ0) is 17.1. The van der Waals surface area contributed by atoms with Gasteiger partial charge in [0.05, 0.1) is 13.2 Å². The van der Waals surface area contributed by atoms with Crippen molar-refractivity contribution in [2.75, 3.05) is 31.6 Å². The van der Waals surface area contributed by atoms with E-state index in [0.717, 1.165) is 16.9 Å². The molecule has 1 N–H and O–H groups in total. The third-order valence-electron chi connectivity index (χ3n) is 3.80. The van der Waals surface area contributed by atoms with Gasteiger partial charge in [-0.1, -0.05) is 17.7 Å². The summed E-state index contributed by atoms with van der Waals surface area (Å²) in [7, 11) is 0. The molecule has 0 aliphatic carbocycles. The minimum absolute atomic E-state index is 0.103. The van der Waals surface area contributed by atoms with Crippen molar-refractivity contribution in [2.45, 2.75) is 13.8 Å². The number of anilines is 2. The number of hydrogen-bond donors (Lipinski definition) is 1. The fraction of sp³-hybridized carbons (Fsp3) is 0.353. The van der Waals surface area contributed by atoms with Crippen LogP contribution in [-0.2, 0) is 4.74 Å². The molecule has 24 heavy (non-hydrogen) atoms. The van der Waals surface area contributed by atoms with Gasteiger partial charge in [0.1, 0.15) is 5.69 Å². The van der Waals surface area contributed by atoms with Crippen LogP contribution in [0.5, 0.6) is 0 Å². The number of morpholine rings is 1. The summed E-state index contributed by atoms with van der Waals surface area (Å²) in [5.74, 6) is 0.278. The van der Waals surface area contributed by atoms with Gasteiger partial charge in [-0.25, -0.2) is 9.97 Å². The number of nitrogens with one attached hydrogen (secondary N) is 1. The van der Waals surface area contributed by atoms with Gasteiger partial charge < -0.3 is 15.0 Å². The molecule has 2 aromatic rings. The summed E-state index contributed by atoms with van der Waals surface area (Å²) in [6, 6.07) is 7.33. The van der Waals surface area contributed by atoms with Crippen LogP contribution in [0.2, 0.25) is 5.02 Å². The van der Waals surface area contributed by atoms with Gasteiger partial charge in [0, 0.05) is 29.5 Å². The van der Waals surface area contributed by atoms with Crippen LogP contribution in [0.15, 0.2) is 24.3 Å². The normalized spacial score (nSPS) is 14.5. The van der Waals surface area contributed by atoms with Gasteiger partial charge in [0.2, 0.25) is 5.95 Å². The van der Waals surface area contributed by atoms with Crippen molar-refractivity contribution in [2.24, 2.45) is 0 Å².